The molecule has 170 valence electrons. The number of hydrogen-bond acceptors (Lipinski definition) is 6. The molecule has 0 aliphatic carbocycles. The van der Waals surface area contributed by atoms with E-state index in [2.05, 4.69) is 34.0 Å². The van der Waals surface area contributed by atoms with Crippen LogP contribution < -0.4 is 11.1 Å². The number of aromatic hydroxyl groups is 1. The maximum absolute atomic E-state index is 12.8. The lowest BCUT2D eigenvalue weighted by atomic mass is 10.1. The van der Waals surface area contributed by atoms with Crippen molar-refractivity contribution in [2.24, 2.45) is 10.8 Å². The van der Waals surface area contributed by atoms with Gasteiger partial charge in [0.2, 0.25) is 0 Å². The van der Waals surface area contributed by atoms with Crippen molar-refractivity contribution in [2.75, 3.05) is 33.2 Å². The molecule has 2 rings (SSSR count). The normalized spacial score (nSPS) is 11.7. The molecule has 2 aromatic rings. The Kier molecular flexibility index (Phi) is 10.2. The second kappa shape index (κ2) is 13.1. The number of nitrogens with one attached hydrogen (secondary N) is 1. The molecule has 0 spiro atoms. The quantitative estimate of drug-likeness (QED) is 0.271. The van der Waals surface area contributed by atoms with Crippen LogP contribution in [0.5, 0.6) is 5.75 Å². The van der Waals surface area contributed by atoms with Crippen LogP contribution >= 0.6 is 0 Å². The van der Waals surface area contributed by atoms with Gasteiger partial charge in [0.05, 0.1) is 5.71 Å². The van der Waals surface area contributed by atoms with Gasteiger partial charge in [-0.1, -0.05) is 43.0 Å². The zero-order valence-electron chi connectivity index (χ0n) is 18.9. The fourth-order valence-corrected chi connectivity index (χ4v) is 3.04. The number of nitrogens with two attached hydrogens (primary N) is 1. The minimum absolute atomic E-state index is 0.173. The molecule has 32 heavy (non-hydrogen) atoms. The number of benzene rings is 2. The number of nitrogens with zero attached hydrogens (tertiary/aromatic N) is 3. The van der Waals surface area contributed by atoms with Gasteiger partial charge in [0.1, 0.15) is 11.6 Å². The van der Waals surface area contributed by atoms with E-state index < -0.39 is 0 Å². The van der Waals surface area contributed by atoms with Gasteiger partial charge in [-0.2, -0.15) is 10.1 Å². The molecule has 0 heterocycles. The number of carbonyl (C=O) groups excluding carboxylic acids is 1. The van der Waals surface area contributed by atoms with Crippen LogP contribution in [0, 0.1) is 0 Å². The Hall–Kier alpha value is -3.42. The van der Waals surface area contributed by atoms with E-state index in [4.69, 9.17) is 5.73 Å². The third-order valence-electron chi connectivity index (χ3n) is 4.92. The number of phenolic OH excluding ortho intramolecular Hbond substituents is 1. The largest absolute Gasteiger partial charge is 0.508 e. The third kappa shape index (κ3) is 8.02. The predicted molar refractivity (Wildman–Crippen MR) is 130 cm³/mol. The van der Waals surface area contributed by atoms with Crippen LogP contribution in [-0.4, -0.2) is 59.9 Å². The molecule has 0 bridgehead atoms. The average Bonchev–Trinajstić information content (AvgIpc) is 2.81. The number of hydrazone groups is 1. The first-order valence-corrected chi connectivity index (χ1v) is 10.6. The fourth-order valence-electron chi connectivity index (χ4n) is 3.04. The molecule has 0 aliphatic heterocycles. The van der Waals surface area contributed by atoms with Crippen LogP contribution in [-0.2, 0) is 11.2 Å². The molecule has 0 saturated carbocycles. The van der Waals surface area contributed by atoms with E-state index in [1.54, 1.807) is 38.2 Å². The summed E-state index contributed by atoms with van der Waals surface area (Å²) >= 11 is 0. The van der Waals surface area contributed by atoms with Crippen LogP contribution in [0.4, 0.5) is 0 Å². The van der Waals surface area contributed by atoms with Gasteiger partial charge in [-0.15, -0.1) is 0 Å². The van der Waals surface area contributed by atoms with Gasteiger partial charge in [0, 0.05) is 39.3 Å². The van der Waals surface area contributed by atoms with Gasteiger partial charge in [-0.05, 0) is 48.7 Å². The molecule has 0 atom stereocenters. The average molecular weight is 436 g/mol. The molecule has 0 saturated heterocycles. The molecule has 0 aliphatic rings. The first-order valence-electron chi connectivity index (χ1n) is 10.6. The molecule has 0 unspecified atom stereocenters. The summed E-state index contributed by atoms with van der Waals surface area (Å²) in [5.41, 5.74) is 8.45. The Bertz CT molecular complexity index is 923. The van der Waals surface area contributed by atoms with Crippen LogP contribution in [0.1, 0.15) is 18.1 Å². The summed E-state index contributed by atoms with van der Waals surface area (Å²) in [7, 11) is 1.68. The van der Waals surface area contributed by atoms with E-state index in [1.165, 1.54) is 16.6 Å². The number of carbonyl (C=O) groups is 1. The molecule has 0 aromatic heterocycles. The van der Waals surface area contributed by atoms with Gasteiger partial charge in [-0.25, -0.2) is 0 Å². The highest BCUT2D eigenvalue weighted by Crippen LogP contribution is 2.12. The van der Waals surface area contributed by atoms with Crippen molar-refractivity contribution in [1.29, 1.82) is 0 Å². The van der Waals surface area contributed by atoms with Gasteiger partial charge < -0.3 is 16.2 Å². The van der Waals surface area contributed by atoms with E-state index in [0.717, 1.165) is 25.1 Å². The summed E-state index contributed by atoms with van der Waals surface area (Å²) in [5.74, 6) is 0.227. The van der Waals surface area contributed by atoms with Crippen molar-refractivity contribution in [3.05, 3.63) is 90.3 Å². The van der Waals surface area contributed by atoms with Crippen LogP contribution in [0.15, 0.2) is 84.3 Å². The number of rotatable bonds is 12. The Morgan fingerprint density at radius 3 is 2.47 bits per heavy atom. The monoisotopic (exact) mass is 435 g/mol. The second-order valence-corrected chi connectivity index (χ2v) is 7.31. The fraction of sp³-hybridized carbons (Fsp3) is 0.280. The molecule has 0 fully saturated rings. The van der Waals surface area contributed by atoms with Crippen molar-refractivity contribution < 1.29 is 9.90 Å². The smallest absolute Gasteiger partial charge is 0.272 e. The van der Waals surface area contributed by atoms with E-state index in [9.17, 15) is 9.90 Å². The lowest BCUT2D eigenvalue weighted by Gasteiger charge is -2.21. The summed E-state index contributed by atoms with van der Waals surface area (Å²) in [6.07, 6.45) is 4.24. The number of hydrogen-bond donors (Lipinski definition) is 3. The van der Waals surface area contributed by atoms with Gasteiger partial charge in [0.15, 0.2) is 0 Å². The van der Waals surface area contributed by atoms with Crippen molar-refractivity contribution in [1.82, 2.24) is 15.2 Å². The zero-order chi connectivity index (χ0) is 23.3. The summed E-state index contributed by atoms with van der Waals surface area (Å²) in [5, 5.41) is 18.0. The standard InChI is InChI=1S/C25H33N5O2/c1-20(23-11-13-24(31)14-12-23)28-30(21(2)27-3)25(32)10-7-17-29(19-16-26)18-15-22-8-5-4-6-9-22/h4-14,27,31H,2,15-19,26H2,1,3H3/b10-7+,28-20+. The molecule has 7 heteroatoms. The topological polar surface area (TPSA) is 94.2 Å². The molecule has 1 amide bonds. The summed E-state index contributed by atoms with van der Waals surface area (Å²) in [6.45, 7) is 8.43. The van der Waals surface area contributed by atoms with Gasteiger partial charge in [0.25, 0.3) is 5.91 Å². The summed E-state index contributed by atoms with van der Waals surface area (Å²) in [4.78, 5) is 15.0. The Labute approximate surface area is 190 Å². The highest BCUT2D eigenvalue weighted by atomic mass is 16.3. The summed E-state index contributed by atoms with van der Waals surface area (Å²) in [6, 6.07) is 16.9. The van der Waals surface area contributed by atoms with Crippen molar-refractivity contribution >= 4 is 11.6 Å². The highest BCUT2D eigenvalue weighted by Gasteiger charge is 2.14. The first kappa shape index (κ1) is 24.8. The molecule has 2 aromatic carbocycles. The van der Waals surface area contributed by atoms with Gasteiger partial charge in [-0.3, -0.25) is 9.69 Å². The van der Waals surface area contributed by atoms with E-state index in [0.29, 0.717) is 24.6 Å². The molecule has 0 radical (unpaired) electrons. The maximum Gasteiger partial charge on any atom is 0.272 e. The lowest BCUT2D eigenvalue weighted by Crippen LogP contribution is -2.32. The Morgan fingerprint density at radius 1 is 1.16 bits per heavy atom. The van der Waals surface area contributed by atoms with E-state index >= 15 is 0 Å². The van der Waals surface area contributed by atoms with Crippen LogP contribution in [0.3, 0.4) is 0 Å². The van der Waals surface area contributed by atoms with Crippen LogP contribution in [0.25, 0.3) is 0 Å². The highest BCUT2D eigenvalue weighted by molar-refractivity contribution is 6.00. The predicted octanol–water partition coefficient (Wildman–Crippen LogP) is 2.70. The first-order chi connectivity index (χ1) is 15.4. The summed E-state index contributed by atoms with van der Waals surface area (Å²) < 4.78 is 0. The molecule has 7 nitrogen and oxygen atoms in total. The zero-order valence-corrected chi connectivity index (χ0v) is 18.9. The SMILES string of the molecule is C=C(NC)N(/N=C(\C)c1ccc(O)cc1)C(=O)/C=C/CN(CCN)CCc1ccccc1. The van der Waals surface area contributed by atoms with Gasteiger partial charge >= 0.3 is 0 Å². The minimum atomic E-state index is -0.307. The minimum Gasteiger partial charge on any atom is -0.508 e. The molecule has 4 N–H and O–H groups in total. The maximum atomic E-state index is 12.8. The van der Waals surface area contributed by atoms with Crippen LogP contribution in [0.2, 0.25) is 0 Å². The van der Waals surface area contributed by atoms with E-state index in [1.807, 2.05) is 24.3 Å². The lowest BCUT2D eigenvalue weighted by molar-refractivity contribution is -0.124. The van der Waals surface area contributed by atoms with Crippen molar-refractivity contribution in [2.45, 2.75) is 13.3 Å². The molecular weight excluding hydrogens is 402 g/mol. The van der Waals surface area contributed by atoms with Crippen molar-refractivity contribution in [3.8, 4) is 5.75 Å². The molecular formula is C25H33N5O2. The Morgan fingerprint density at radius 2 is 1.84 bits per heavy atom. The second-order valence-electron chi connectivity index (χ2n) is 7.31. The number of phenols is 1. The number of amides is 1. The van der Waals surface area contributed by atoms with Crippen molar-refractivity contribution in [3.63, 3.8) is 0 Å². The third-order valence-corrected chi connectivity index (χ3v) is 4.92. The van der Waals surface area contributed by atoms with E-state index in [-0.39, 0.29) is 11.7 Å². The Balaban J connectivity index is 2.04.